The molecular formula is C30H20N4. The first-order chi connectivity index (χ1) is 16.9. The first kappa shape index (κ1) is 18.8. The van der Waals surface area contributed by atoms with Crippen molar-refractivity contribution in [3.63, 3.8) is 0 Å². The molecule has 0 saturated heterocycles. The van der Waals surface area contributed by atoms with E-state index in [1.807, 2.05) is 12.3 Å². The molecule has 0 unspecified atom stereocenters. The zero-order valence-electron chi connectivity index (χ0n) is 18.3. The van der Waals surface area contributed by atoms with Crippen LogP contribution in [0.15, 0.2) is 122 Å². The maximum Gasteiger partial charge on any atom is 0.133 e. The third kappa shape index (κ3) is 2.72. The van der Waals surface area contributed by atoms with Crippen molar-refractivity contribution in [3.8, 4) is 22.5 Å². The normalized spacial score (nSPS) is 11.5. The third-order valence-electron chi connectivity index (χ3n) is 6.46. The highest BCUT2D eigenvalue weighted by molar-refractivity contribution is 6.21. The fourth-order valence-corrected chi connectivity index (χ4v) is 5.02. The van der Waals surface area contributed by atoms with Crippen LogP contribution in [-0.2, 0) is 0 Å². The van der Waals surface area contributed by atoms with Crippen molar-refractivity contribution in [1.29, 1.82) is 0 Å². The van der Waals surface area contributed by atoms with Crippen molar-refractivity contribution in [2.45, 2.75) is 0 Å². The molecule has 4 heteroatoms. The van der Waals surface area contributed by atoms with Gasteiger partial charge in [-0.15, -0.1) is 0 Å². The highest BCUT2D eigenvalue weighted by Gasteiger charge is 2.22. The fourth-order valence-electron chi connectivity index (χ4n) is 5.02. The number of hydrogen-bond acceptors (Lipinski definition) is 2. The standard InChI is InChI=1S/C30H20N4/c1-3-10-21(11-4-1)22-12-9-15-24(18-22)34-27-19-31-20-32-29(27)28-25-16-7-8-17-26(25)33(30(28)34)23-13-5-2-6-14-23/h1-20H. The van der Waals surface area contributed by atoms with Crippen molar-refractivity contribution in [3.05, 3.63) is 122 Å². The van der Waals surface area contributed by atoms with Gasteiger partial charge < -0.3 is 0 Å². The molecule has 160 valence electrons. The molecule has 0 spiro atoms. The maximum atomic E-state index is 4.75. The summed E-state index contributed by atoms with van der Waals surface area (Å²) < 4.78 is 4.63. The lowest BCUT2D eigenvalue weighted by atomic mass is 10.1. The molecule has 0 aliphatic rings. The summed E-state index contributed by atoms with van der Waals surface area (Å²) in [6, 6.07) is 38.2. The summed E-state index contributed by atoms with van der Waals surface area (Å²) in [5.41, 5.74) is 8.76. The lowest BCUT2D eigenvalue weighted by Crippen LogP contribution is -2.02. The Labute approximate surface area is 196 Å². The van der Waals surface area contributed by atoms with Gasteiger partial charge in [0.25, 0.3) is 0 Å². The maximum absolute atomic E-state index is 4.75. The second kappa shape index (κ2) is 7.42. The molecule has 0 saturated carbocycles. The van der Waals surface area contributed by atoms with Gasteiger partial charge in [-0.3, -0.25) is 9.13 Å². The van der Waals surface area contributed by atoms with E-state index in [9.17, 15) is 0 Å². The van der Waals surface area contributed by atoms with Crippen molar-refractivity contribution in [2.75, 3.05) is 0 Å². The molecule has 3 heterocycles. The van der Waals surface area contributed by atoms with Crippen LogP contribution in [0.25, 0.3) is 55.5 Å². The minimum absolute atomic E-state index is 0.959. The van der Waals surface area contributed by atoms with Crippen molar-refractivity contribution in [1.82, 2.24) is 19.1 Å². The summed E-state index contributed by atoms with van der Waals surface area (Å²) >= 11 is 0. The molecule has 0 N–H and O–H groups in total. The minimum atomic E-state index is 0.959. The number of aromatic nitrogens is 4. The molecule has 4 nitrogen and oxygen atoms in total. The molecule has 7 rings (SSSR count). The molecule has 0 aliphatic heterocycles. The molecule has 34 heavy (non-hydrogen) atoms. The van der Waals surface area contributed by atoms with E-state index in [2.05, 4.69) is 117 Å². The molecular weight excluding hydrogens is 416 g/mol. The summed E-state index contributed by atoms with van der Waals surface area (Å²) in [6.07, 6.45) is 3.56. The Morgan fingerprint density at radius 2 is 1.24 bits per heavy atom. The fraction of sp³-hybridized carbons (Fsp3) is 0. The van der Waals surface area contributed by atoms with E-state index in [1.165, 1.54) is 16.5 Å². The number of rotatable bonds is 3. The number of hydrogen-bond donors (Lipinski definition) is 0. The summed E-state index contributed by atoms with van der Waals surface area (Å²) in [7, 11) is 0. The SMILES string of the molecule is c1ccc(-c2cccc(-n3c4cncnc4c4c5ccccc5n(-c5ccccc5)c43)c2)cc1. The van der Waals surface area contributed by atoms with Gasteiger partial charge in [-0.2, -0.15) is 0 Å². The highest BCUT2D eigenvalue weighted by Crippen LogP contribution is 2.39. The lowest BCUT2D eigenvalue weighted by molar-refractivity contribution is 1.06. The van der Waals surface area contributed by atoms with Crippen LogP contribution >= 0.6 is 0 Å². The van der Waals surface area contributed by atoms with Crippen LogP contribution in [0.4, 0.5) is 0 Å². The Balaban J connectivity index is 1.65. The molecule has 0 amide bonds. The Morgan fingerprint density at radius 3 is 2.09 bits per heavy atom. The monoisotopic (exact) mass is 436 g/mol. The zero-order valence-corrected chi connectivity index (χ0v) is 18.3. The first-order valence-electron chi connectivity index (χ1n) is 11.3. The van der Waals surface area contributed by atoms with E-state index in [1.54, 1.807) is 6.33 Å². The molecule has 0 bridgehead atoms. The van der Waals surface area contributed by atoms with Gasteiger partial charge in [0.2, 0.25) is 0 Å². The molecule has 0 aliphatic carbocycles. The highest BCUT2D eigenvalue weighted by atomic mass is 15.1. The topological polar surface area (TPSA) is 35.6 Å². The van der Waals surface area contributed by atoms with Gasteiger partial charge in [0.15, 0.2) is 0 Å². The van der Waals surface area contributed by atoms with E-state index >= 15 is 0 Å². The number of para-hydroxylation sites is 2. The quantitative estimate of drug-likeness (QED) is 0.294. The molecule has 0 atom stereocenters. The van der Waals surface area contributed by atoms with E-state index in [-0.39, 0.29) is 0 Å². The number of fused-ring (bicyclic) bond motifs is 5. The van der Waals surface area contributed by atoms with Crippen molar-refractivity contribution >= 4 is 33.0 Å². The summed E-state index contributed by atoms with van der Waals surface area (Å²) in [5, 5.41) is 2.32. The number of nitrogens with zero attached hydrogens (tertiary/aromatic N) is 4. The minimum Gasteiger partial charge on any atom is -0.295 e. The largest absolute Gasteiger partial charge is 0.295 e. The van der Waals surface area contributed by atoms with Gasteiger partial charge in [-0.05, 0) is 41.5 Å². The van der Waals surface area contributed by atoms with Crippen molar-refractivity contribution in [2.24, 2.45) is 0 Å². The summed E-state index contributed by atoms with van der Waals surface area (Å²) in [6.45, 7) is 0. The first-order valence-corrected chi connectivity index (χ1v) is 11.3. The Hall–Kier alpha value is -4.70. The zero-order chi connectivity index (χ0) is 22.5. The second-order valence-corrected chi connectivity index (χ2v) is 8.40. The molecule has 4 aromatic carbocycles. The van der Waals surface area contributed by atoms with Crippen LogP contribution < -0.4 is 0 Å². The number of benzene rings is 4. The van der Waals surface area contributed by atoms with Crippen LogP contribution in [-0.4, -0.2) is 19.1 Å². The van der Waals surface area contributed by atoms with Crippen LogP contribution in [0.1, 0.15) is 0 Å². The van der Waals surface area contributed by atoms with E-state index < -0.39 is 0 Å². The third-order valence-corrected chi connectivity index (χ3v) is 6.46. The van der Waals surface area contributed by atoms with Gasteiger partial charge in [0.1, 0.15) is 17.5 Å². The van der Waals surface area contributed by atoms with Gasteiger partial charge in [0.05, 0.1) is 22.6 Å². The average molecular weight is 437 g/mol. The van der Waals surface area contributed by atoms with Crippen molar-refractivity contribution < 1.29 is 0 Å². The second-order valence-electron chi connectivity index (χ2n) is 8.40. The predicted molar refractivity (Wildman–Crippen MR) is 139 cm³/mol. The molecule has 3 aromatic heterocycles. The van der Waals surface area contributed by atoms with Crippen LogP contribution in [0.2, 0.25) is 0 Å². The Kier molecular flexibility index (Phi) is 4.11. The van der Waals surface area contributed by atoms with E-state index in [0.717, 1.165) is 39.0 Å². The van der Waals surface area contributed by atoms with Gasteiger partial charge >= 0.3 is 0 Å². The molecule has 0 radical (unpaired) electrons. The van der Waals surface area contributed by atoms with Gasteiger partial charge in [-0.25, -0.2) is 9.97 Å². The van der Waals surface area contributed by atoms with Crippen LogP contribution in [0, 0.1) is 0 Å². The summed E-state index contributed by atoms with van der Waals surface area (Å²) in [5.74, 6) is 0. The smallest absolute Gasteiger partial charge is 0.133 e. The molecule has 0 fully saturated rings. The Morgan fingerprint density at radius 1 is 0.559 bits per heavy atom. The van der Waals surface area contributed by atoms with Gasteiger partial charge in [-0.1, -0.05) is 78.9 Å². The summed E-state index contributed by atoms with van der Waals surface area (Å²) in [4.78, 5) is 9.14. The Bertz CT molecular complexity index is 1790. The molecule has 7 aromatic rings. The van der Waals surface area contributed by atoms with E-state index in [0.29, 0.717) is 0 Å². The lowest BCUT2D eigenvalue weighted by Gasteiger charge is -2.13. The van der Waals surface area contributed by atoms with Crippen LogP contribution in [0.5, 0.6) is 0 Å². The van der Waals surface area contributed by atoms with E-state index in [4.69, 9.17) is 4.98 Å². The van der Waals surface area contributed by atoms with Gasteiger partial charge in [0, 0.05) is 16.8 Å². The van der Waals surface area contributed by atoms with Crippen LogP contribution in [0.3, 0.4) is 0 Å². The average Bonchev–Trinajstić information content (AvgIpc) is 3.42. The predicted octanol–water partition coefficient (Wildman–Crippen LogP) is 7.18.